The lowest BCUT2D eigenvalue weighted by Gasteiger charge is -2.13. The van der Waals surface area contributed by atoms with Gasteiger partial charge in [-0.3, -0.25) is 0 Å². The summed E-state index contributed by atoms with van der Waals surface area (Å²) in [6, 6.07) is 10.6. The highest BCUT2D eigenvalue weighted by atomic mass is 35.5. The molecule has 0 radical (unpaired) electrons. The molecule has 0 amide bonds. The molecule has 136 valence electrons. The number of aromatic nitrogens is 1. The highest BCUT2D eigenvalue weighted by Crippen LogP contribution is 2.34. The van der Waals surface area contributed by atoms with Gasteiger partial charge in [-0.05, 0) is 42.8 Å². The van der Waals surface area contributed by atoms with E-state index in [1.807, 2.05) is 12.1 Å². The number of nitrogens with zero attached hydrogens (tertiary/aromatic N) is 1. The van der Waals surface area contributed by atoms with Crippen LogP contribution in [0.3, 0.4) is 0 Å². The van der Waals surface area contributed by atoms with Crippen LogP contribution in [-0.2, 0) is 17.5 Å². The van der Waals surface area contributed by atoms with Crippen molar-refractivity contribution in [3.05, 3.63) is 70.4 Å². The summed E-state index contributed by atoms with van der Waals surface area (Å²) in [4.78, 5) is 12.3. The molecule has 0 saturated heterocycles. The van der Waals surface area contributed by atoms with Crippen LogP contribution in [0.25, 0.3) is 10.9 Å². The Morgan fingerprint density at radius 3 is 2.46 bits per heavy atom. The van der Waals surface area contributed by atoms with E-state index in [-0.39, 0.29) is 12.2 Å². The van der Waals surface area contributed by atoms with Crippen molar-refractivity contribution in [1.82, 2.24) is 4.57 Å². The van der Waals surface area contributed by atoms with E-state index in [0.717, 1.165) is 17.7 Å². The zero-order valence-corrected chi connectivity index (χ0v) is 14.6. The number of halogens is 4. The Balaban J connectivity index is 2.13. The van der Waals surface area contributed by atoms with E-state index in [0.29, 0.717) is 22.5 Å². The molecule has 0 aliphatic rings. The summed E-state index contributed by atoms with van der Waals surface area (Å²) in [6.45, 7) is 2.07. The fourth-order valence-corrected chi connectivity index (χ4v) is 2.92. The molecule has 0 spiro atoms. The number of rotatable bonds is 4. The predicted molar refractivity (Wildman–Crippen MR) is 93.5 cm³/mol. The number of ether oxygens (including phenoxy) is 1. The number of fused-ring (bicyclic) bond motifs is 1. The topological polar surface area (TPSA) is 31.2 Å². The molecule has 0 saturated carbocycles. The maximum absolute atomic E-state index is 13.2. The number of benzene rings is 2. The second-order valence-corrected chi connectivity index (χ2v) is 6.19. The van der Waals surface area contributed by atoms with E-state index in [2.05, 4.69) is 0 Å². The van der Waals surface area contributed by atoms with Gasteiger partial charge < -0.3 is 9.30 Å². The third kappa shape index (κ3) is 3.70. The van der Waals surface area contributed by atoms with Crippen molar-refractivity contribution in [2.24, 2.45) is 0 Å². The highest BCUT2D eigenvalue weighted by Gasteiger charge is 2.33. The summed E-state index contributed by atoms with van der Waals surface area (Å²) in [7, 11) is 0. The van der Waals surface area contributed by atoms with Gasteiger partial charge in [0.1, 0.15) is 0 Å². The fraction of sp³-hybridized carbons (Fsp3) is 0.211. The molecule has 3 aromatic rings. The smallest absolute Gasteiger partial charge is 0.416 e. The molecule has 26 heavy (non-hydrogen) atoms. The van der Waals surface area contributed by atoms with Crippen LogP contribution in [0.4, 0.5) is 13.2 Å². The molecule has 0 bridgehead atoms. The number of carbonyl (C=O) groups excluding carboxylic acids is 1. The fourth-order valence-electron chi connectivity index (χ4n) is 2.80. The van der Waals surface area contributed by atoms with Gasteiger partial charge in [0.2, 0.25) is 0 Å². The minimum Gasteiger partial charge on any atom is -0.462 e. The van der Waals surface area contributed by atoms with Gasteiger partial charge in [0, 0.05) is 23.2 Å². The molecule has 3 rings (SSSR count). The molecule has 1 aromatic heterocycles. The zero-order valence-electron chi connectivity index (χ0n) is 13.8. The van der Waals surface area contributed by atoms with E-state index in [1.54, 1.807) is 35.9 Å². The molecular formula is C19H15ClF3NO2. The van der Waals surface area contributed by atoms with Crippen LogP contribution in [0.5, 0.6) is 0 Å². The summed E-state index contributed by atoms with van der Waals surface area (Å²) in [5.41, 5.74) is 0.334. The van der Waals surface area contributed by atoms with Gasteiger partial charge in [-0.2, -0.15) is 13.2 Å². The van der Waals surface area contributed by atoms with Gasteiger partial charge in [-0.15, -0.1) is 0 Å². The van der Waals surface area contributed by atoms with Gasteiger partial charge in [-0.1, -0.05) is 23.7 Å². The van der Waals surface area contributed by atoms with Crippen LogP contribution >= 0.6 is 11.6 Å². The van der Waals surface area contributed by atoms with Crippen molar-refractivity contribution in [3.8, 4) is 0 Å². The second-order valence-electron chi connectivity index (χ2n) is 5.75. The number of hydrogen-bond acceptors (Lipinski definition) is 2. The monoisotopic (exact) mass is 381 g/mol. The van der Waals surface area contributed by atoms with Gasteiger partial charge in [0.25, 0.3) is 0 Å². The minimum atomic E-state index is -4.55. The molecule has 0 aliphatic carbocycles. The van der Waals surface area contributed by atoms with Crippen molar-refractivity contribution in [3.63, 3.8) is 0 Å². The first-order valence-corrected chi connectivity index (χ1v) is 8.29. The van der Waals surface area contributed by atoms with Crippen LogP contribution in [-0.4, -0.2) is 17.1 Å². The summed E-state index contributed by atoms with van der Waals surface area (Å²) in [6.07, 6.45) is -2.89. The lowest BCUT2D eigenvalue weighted by atomic mass is 10.1. The minimum absolute atomic E-state index is 0.0778. The summed E-state index contributed by atoms with van der Waals surface area (Å²) >= 11 is 5.88. The van der Waals surface area contributed by atoms with Crippen molar-refractivity contribution in [1.29, 1.82) is 0 Å². The number of esters is 1. The quantitative estimate of drug-likeness (QED) is 0.556. The van der Waals surface area contributed by atoms with Crippen molar-refractivity contribution >= 4 is 28.5 Å². The Kier molecular flexibility index (Phi) is 4.96. The summed E-state index contributed by atoms with van der Waals surface area (Å²) in [5.74, 6) is -0.778. The molecule has 0 unspecified atom stereocenters. The van der Waals surface area contributed by atoms with Crippen molar-refractivity contribution < 1.29 is 22.7 Å². The van der Waals surface area contributed by atoms with Crippen LogP contribution < -0.4 is 0 Å². The van der Waals surface area contributed by atoms with Crippen molar-refractivity contribution in [2.75, 3.05) is 6.61 Å². The first-order chi connectivity index (χ1) is 12.3. The largest absolute Gasteiger partial charge is 0.462 e. The molecule has 0 aliphatic heterocycles. The predicted octanol–water partition coefficient (Wildman–Crippen LogP) is 5.54. The second kappa shape index (κ2) is 7.03. The van der Waals surface area contributed by atoms with Gasteiger partial charge in [0.05, 0.1) is 23.3 Å². The zero-order chi connectivity index (χ0) is 18.9. The third-order valence-electron chi connectivity index (χ3n) is 3.95. The molecule has 0 fully saturated rings. The van der Waals surface area contributed by atoms with Crippen LogP contribution in [0.15, 0.2) is 48.7 Å². The Labute approximate surface area is 152 Å². The molecular weight excluding hydrogens is 367 g/mol. The Morgan fingerprint density at radius 2 is 1.85 bits per heavy atom. The van der Waals surface area contributed by atoms with E-state index >= 15 is 0 Å². The van der Waals surface area contributed by atoms with E-state index in [4.69, 9.17) is 16.3 Å². The Bertz CT molecular complexity index is 946. The molecule has 1 heterocycles. The maximum atomic E-state index is 13.2. The van der Waals surface area contributed by atoms with Gasteiger partial charge in [0.15, 0.2) is 0 Å². The first-order valence-electron chi connectivity index (χ1n) is 7.91. The van der Waals surface area contributed by atoms with Crippen LogP contribution in [0.2, 0.25) is 5.02 Å². The van der Waals surface area contributed by atoms with E-state index < -0.39 is 17.7 Å². The number of alkyl halides is 3. The maximum Gasteiger partial charge on any atom is 0.416 e. The number of hydrogen-bond donors (Lipinski definition) is 0. The van der Waals surface area contributed by atoms with Gasteiger partial charge >= 0.3 is 12.1 Å². The summed E-state index contributed by atoms with van der Waals surface area (Å²) in [5, 5.41) is 0.921. The van der Waals surface area contributed by atoms with Crippen LogP contribution in [0.1, 0.15) is 28.4 Å². The molecule has 0 N–H and O–H groups in total. The lowest BCUT2D eigenvalue weighted by Crippen LogP contribution is -2.12. The normalized spacial score (nSPS) is 11.7. The standard InChI is InChI=1S/C19H15ClF3NO2/c1-2-26-18(25)16-10-14(19(21,22)23)9-13-7-8-24(17(13)16)11-12-3-5-15(20)6-4-12/h3-10H,2,11H2,1H3. The third-order valence-corrected chi connectivity index (χ3v) is 4.20. The molecule has 3 nitrogen and oxygen atoms in total. The van der Waals surface area contributed by atoms with E-state index in [9.17, 15) is 18.0 Å². The first kappa shape index (κ1) is 18.3. The SMILES string of the molecule is CCOC(=O)c1cc(C(F)(F)F)cc2ccn(Cc3ccc(Cl)cc3)c12. The van der Waals surface area contributed by atoms with Gasteiger partial charge in [-0.25, -0.2) is 4.79 Å². The van der Waals surface area contributed by atoms with E-state index in [1.165, 1.54) is 0 Å². The average Bonchev–Trinajstić information content (AvgIpc) is 2.98. The number of carbonyl (C=O) groups is 1. The molecule has 0 atom stereocenters. The molecule has 7 heteroatoms. The Hall–Kier alpha value is -2.47. The van der Waals surface area contributed by atoms with Crippen LogP contribution in [0, 0.1) is 0 Å². The summed E-state index contributed by atoms with van der Waals surface area (Å²) < 4.78 is 46.2. The Morgan fingerprint density at radius 1 is 1.15 bits per heavy atom. The average molecular weight is 382 g/mol. The lowest BCUT2D eigenvalue weighted by molar-refractivity contribution is -0.137. The van der Waals surface area contributed by atoms with Crippen molar-refractivity contribution in [2.45, 2.75) is 19.6 Å². The molecule has 2 aromatic carbocycles. The highest BCUT2D eigenvalue weighted by molar-refractivity contribution is 6.30.